The summed E-state index contributed by atoms with van der Waals surface area (Å²) < 4.78 is 0. The fourth-order valence-corrected chi connectivity index (χ4v) is 1.56. The third kappa shape index (κ3) is 2.03. The van der Waals surface area contributed by atoms with Crippen molar-refractivity contribution >= 4 is 6.29 Å². The molecular formula is C9H17NO. The van der Waals surface area contributed by atoms with Gasteiger partial charge in [-0.1, -0.05) is 20.8 Å². The van der Waals surface area contributed by atoms with Gasteiger partial charge in [0.05, 0.1) is 6.04 Å². The Kier molecular flexibility index (Phi) is 2.33. The van der Waals surface area contributed by atoms with Crippen LogP contribution in [0.25, 0.3) is 0 Å². The lowest BCUT2D eigenvalue weighted by Gasteiger charge is -2.27. The maximum absolute atomic E-state index is 10.4. The molecule has 0 amide bonds. The average Bonchev–Trinajstić information content (AvgIpc) is 2.32. The molecule has 64 valence electrons. The Labute approximate surface area is 68.4 Å². The fraction of sp³-hybridized carbons (Fsp3) is 0.889. The van der Waals surface area contributed by atoms with Crippen molar-refractivity contribution in [2.75, 3.05) is 0 Å². The largest absolute Gasteiger partial charge is 0.304 e. The molecule has 0 spiro atoms. The Hall–Kier alpha value is -0.370. The van der Waals surface area contributed by atoms with Crippen LogP contribution in [0.1, 0.15) is 33.6 Å². The molecule has 1 fully saturated rings. The molecule has 2 nitrogen and oxygen atoms in total. The van der Waals surface area contributed by atoms with E-state index in [0.29, 0.717) is 6.04 Å². The third-order valence-electron chi connectivity index (χ3n) is 2.39. The zero-order valence-electron chi connectivity index (χ0n) is 7.55. The van der Waals surface area contributed by atoms with Crippen molar-refractivity contribution in [1.29, 1.82) is 0 Å². The highest BCUT2D eigenvalue weighted by molar-refractivity contribution is 5.58. The Balaban J connectivity index is 2.48. The summed E-state index contributed by atoms with van der Waals surface area (Å²) >= 11 is 0. The van der Waals surface area contributed by atoms with E-state index < -0.39 is 0 Å². The lowest BCUT2D eigenvalue weighted by atomic mass is 9.86. The minimum Gasteiger partial charge on any atom is -0.304 e. The van der Waals surface area contributed by atoms with E-state index in [9.17, 15) is 4.79 Å². The topological polar surface area (TPSA) is 29.1 Å². The van der Waals surface area contributed by atoms with Crippen LogP contribution in [0.3, 0.4) is 0 Å². The monoisotopic (exact) mass is 155 g/mol. The first-order valence-corrected chi connectivity index (χ1v) is 4.25. The maximum atomic E-state index is 10.4. The number of carbonyl (C=O) groups excluding carboxylic acids is 1. The van der Waals surface area contributed by atoms with Gasteiger partial charge >= 0.3 is 0 Å². The number of hydrogen-bond donors (Lipinski definition) is 1. The molecule has 1 rings (SSSR count). The van der Waals surface area contributed by atoms with E-state index in [2.05, 4.69) is 26.1 Å². The summed E-state index contributed by atoms with van der Waals surface area (Å²) in [5.41, 5.74) is 0.289. The molecule has 2 heteroatoms. The summed E-state index contributed by atoms with van der Waals surface area (Å²) in [6.45, 7) is 6.62. The first-order valence-electron chi connectivity index (χ1n) is 4.25. The molecule has 0 aromatic rings. The second-order valence-electron chi connectivity index (χ2n) is 4.41. The number of rotatable bonds is 1. The molecule has 1 heterocycles. The van der Waals surface area contributed by atoms with E-state index in [1.807, 2.05) is 0 Å². The first-order chi connectivity index (χ1) is 5.04. The van der Waals surface area contributed by atoms with E-state index in [-0.39, 0.29) is 11.5 Å². The summed E-state index contributed by atoms with van der Waals surface area (Å²) in [4.78, 5) is 10.4. The second-order valence-corrected chi connectivity index (χ2v) is 4.41. The van der Waals surface area contributed by atoms with Gasteiger partial charge in [-0.2, -0.15) is 0 Å². The number of hydrogen-bond acceptors (Lipinski definition) is 2. The molecule has 1 aliphatic rings. The Morgan fingerprint density at radius 1 is 1.36 bits per heavy atom. The van der Waals surface area contributed by atoms with Crippen LogP contribution in [0.15, 0.2) is 0 Å². The summed E-state index contributed by atoms with van der Waals surface area (Å²) in [5.74, 6) is 0. The van der Waals surface area contributed by atoms with Crippen LogP contribution >= 0.6 is 0 Å². The van der Waals surface area contributed by atoms with Crippen molar-refractivity contribution in [2.45, 2.75) is 45.7 Å². The SMILES string of the molecule is CC(C)(C)C1CC[C@H](C=O)N1. The molecule has 1 N–H and O–H groups in total. The highest BCUT2D eigenvalue weighted by Gasteiger charge is 2.31. The van der Waals surface area contributed by atoms with Crippen molar-refractivity contribution in [3.05, 3.63) is 0 Å². The van der Waals surface area contributed by atoms with E-state index in [0.717, 1.165) is 19.1 Å². The van der Waals surface area contributed by atoms with Crippen LogP contribution in [-0.4, -0.2) is 18.4 Å². The van der Waals surface area contributed by atoms with Crippen molar-refractivity contribution in [3.8, 4) is 0 Å². The highest BCUT2D eigenvalue weighted by atomic mass is 16.1. The van der Waals surface area contributed by atoms with Crippen molar-refractivity contribution < 1.29 is 4.79 Å². The number of carbonyl (C=O) groups is 1. The van der Waals surface area contributed by atoms with Crippen LogP contribution in [0.2, 0.25) is 0 Å². The minimum absolute atomic E-state index is 0.110. The van der Waals surface area contributed by atoms with Crippen molar-refractivity contribution in [1.82, 2.24) is 5.32 Å². The van der Waals surface area contributed by atoms with Gasteiger partial charge in [-0.05, 0) is 18.3 Å². The molecule has 0 bridgehead atoms. The predicted octanol–water partition coefficient (Wildman–Crippen LogP) is 1.35. The molecule has 2 atom stereocenters. The van der Waals surface area contributed by atoms with Crippen molar-refractivity contribution in [3.63, 3.8) is 0 Å². The van der Waals surface area contributed by atoms with E-state index in [4.69, 9.17) is 0 Å². The normalized spacial score (nSPS) is 32.3. The van der Waals surface area contributed by atoms with Gasteiger partial charge in [-0.3, -0.25) is 0 Å². The maximum Gasteiger partial charge on any atom is 0.136 e. The molecule has 1 saturated heterocycles. The Morgan fingerprint density at radius 2 is 2.00 bits per heavy atom. The lowest BCUT2D eigenvalue weighted by molar-refractivity contribution is -0.109. The molecule has 0 saturated carbocycles. The second kappa shape index (κ2) is 2.94. The highest BCUT2D eigenvalue weighted by Crippen LogP contribution is 2.27. The van der Waals surface area contributed by atoms with Gasteiger partial charge in [-0.15, -0.1) is 0 Å². The van der Waals surface area contributed by atoms with E-state index >= 15 is 0 Å². The zero-order valence-corrected chi connectivity index (χ0v) is 7.55. The van der Waals surface area contributed by atoms with Crippen LogP contribution in [0.4, 0.5) is 0 Å². The number of nitrogens with one attached hydrogen (secondary N) is 1. The summed E-state index contributed by atoms with van der Waals surface area (Å²) in [5, 5.41) is 3.31. The fourth-order valence-electron chi connectivity index (χ4n) is 1.56. The number of aldehydes is 1. The van der Waals surface area contributed by atoms with E-state index in [1.165, 1.54) is 0 Å². The molecule has 0 aromatic carbocycles. The molecule has 11 heavy (non-hydrogen) atoms. The smallest absolute Gasteiger partial charge is 0.136 e. The van der Waals surface area contributed by atoms with Gasteiger partial charge in [0.1, 0.15) is 6.29 Å². The quantitative estimate of drug-likeness (QED) is 0.579. The minimum atomic E-state index is 0.110. The van der Waals surface area contributed by atoms with Gasteiger partial charge in [0.25, 0.3) is 0 Å². The molecule has 1 unspecified atom stereocenters. The molecule has 0 aromatic heterocycles. The van der Waals surface area contributed by atoms with Crippen LogP contribution < -0.4 is 5.32 Å². The average molecular weight is 155 g/mol. The first kappa shape index (κ1) is 8.72. The molecule has 1 aliphatic heterocycles. The van der Waals surface area contributed by atoms with Gasteiger partial charge in [0.2, 0.25) is 0 Å². The Morgan fingerprint density at radius 3 is 2.27 bits per heavy atom. The summed E-state index contributed by atoms with van der Waals surface area (Å²) in [6, 6.07) is 0.622. The molecular weight excluding hydrogens is 138 g/mol. The summed E-state index contributed by atoms with van der Waals surface area (Å²) in [6.07, 6.45) is 3.16. The van der Waals surface area contributed by atoms with Crippen LogP contribution in [-0.2, 0) is 4.79 Å². The van der Waals surface area contributed by atoms with E-state index in [1.54, 1.807) is 0 Å². The van der Waals surface area contributed by atoms with Crippen molar-refractivity contribution in [2.24, 2.45) is 5.41 Å². The zero-order chi connectivity index (χ0) is 8.48. The third-order valence-corrected chi connectivity index (χ3v) is 2.39. The van der Waals surface area contributed by atoms with Gasteiger partial charge in [0, 0.05) is 6.04 Å². The van der Waals surface area contributed by atoms with Crippen LogP contribution in [0.5, 0.6) is 0 Å². The summed E-state index contributed by atoms with van der Waals surface area (Å²) in [7, 11) is 0. The predicted molar refractivity (Wildman–Crippen MR) is 45.5 cm³/mol. The standard InChI is InChI=1S/C9H17NO/c1-9(2,3)8-5-4-7(6-11)10-8/h6-8,10H,4-5H2,1-3H3/t7-,8?/m1/s1. The molecule has 0 aliphatic carbocycles. The molecule has 0 radical (unpaired) electrons. The van der Waals surface area contributed by atoms with Gasteiger partial charge in [0.15, 0.2) is 0 Å². The lowest BCUT2D eigenvalue weighted by Crippen LogP contribution is -2.39. The van der Waals surface area contributed by atoms with Crippen LogP contribution in [0, 0.1) is 5.41 Å². The van der Waals surface area contributed by atoms with Gasteiger partial charge < -0.3 is 10.1 Å². The van der Waals surface area contributed by atoms with Gasteiger partial charge in [-0.25, -0.2) is 0 Å². The Bertz CT molecular complexity index is 148.